The lowest BCUT2D eigenvalue weighted by molar-refractivity contribution is -0.138. The topological polar surface area (TPSA) is 60.3 Å². The van der Waals surface area contributed by atoms with Gasteiger partial charge in [0.2, 0.25) is 5.91 Å². The molecule has 0 saturated carbocycles. The highest BCUT2D eigenvalue weighted by Crippen LogP contribution is 2.27. The summed E-state index contributed by atoms with van der Waals surface area (Å²) >= 11 is 0. The molecule has 134 valence electrons. The van der Waals surface area contributed by atoms with Crippen LogP contribution in [0.25, 0.3) is 0 Å². The number of rotatable bonds is 6. The predicted octanol–water partition coefficient (Wildman–Crippen LogP) is 2.33. The van der Waals surface area contributed by atoms with Crippen LogP contribution in [0.5, 0.6) is 0 Å². The number of nitrogens with zero attached hydrogens (tertiary/aromatic N) is 1. The largest absolute Gasteiger partial charge is 0.417 e. The fraction of sp³-hybridized carbons (Fsp3) is 0.294. The van der Waals surface area contributed by atoms with Crippen LogP contribution in [-0.4, -0.2) is 17.6 Å². The second-order valence-electron chi connectivity index (χ2n) is 5.41. The molecule has 2 aromatic rings. The summed E-state index contributed by atoms with van der Waals surface area (Å²) in [6, 6.07) is 8.81. The Balaban J connectivity index is 1.97. The smallest absolute Gasteiger partial charge is 0.380 e. The zero-order valence-corrected chi connectivity index (χ0v) is 13.5. The Hall–Kier alpha value is -2.61. The number of hydrogen-bond donors (Lipinski definition) is 1. The standard InChI is InChI=1S/C17H17F3N2O3/c1-25-11-13-4-2-12(3-5-13)8-21-15(23)10-22-9-14(17(18,19)20)6-7-16(22)24/h2-7,9H,8,10-11H2,1H3,(H,21,23). The molecule has 0 fully saturated rings. The Morgan fingerprint density at radius 3 is 2.36 bits per heavy atom. The van der Waals surface area contributed by atoms with Gasteiger partial charge in [-0.3, -0.25) is 9.59 Å². The summed E-state index contributed by atoms with van der Waals surface area (Å²) < 4.78 is 43.7. The van der Waals surface area contributed by atoms with E-state index in [1.165, 1.54) is 0 Å². The molecule has 8 heteroatoms. The Morgan fingerprint density at radius 1 is 1.12 bits per heavy atom. The molecule has 0 bridgehead atoms. The molecule has 1 amide bonds. The van der Waals surface area contributed by atoms with Crippen molar-refractivity contribution < 1.29 is 22.7 Å². The fourth-order valence-electron chi connectivity index (χ4n) is 2.15. The molecular weight excluding hydrogens is 337 g/mol. The summed E-state index contributed by atoms with van der Waals surface area (Å²) in [5, 5.41) is 2.57. The van der Waals surface area contributed by atoms with Crippen LogP contribution in [0, 0.1) is 0 Å². The van der Waals surface area contributed by atoms with Gasteiger partial charge in [-0.05, 0) is 17.2 Å². The van der Waals surface area contributed by atoms with Crippen molar-refractivity contribution in [1.82, 2.24) is 9.88 Å². The highest BCUT2D eigenvalue weighted by atomic mass is 19.4. The van der Waals surface area contributed by atoms with Gasteiger partial charge in [0, 0.05) is 25.9 Å². The van der Waals surface area contributed by atoms with Crippen LogP contribution in [0.4, 0.5) is 13.2 Å². The van der Waals surface area contributed by atoms with Gasteiger partial charge in [-0.1, -0.05) is 24.3 Å². The Bertz CT molecular complexity index is 783. The molecule has 1 aromatic carbocycles. The molecule has 25 heavy (non-hydrogen) atoms. The number of benzene rings is 1. The number of nitrogens with one attached hydrogen (secondary N) is 1. The zero-order chi connectivity index (χ0) is 18.4. The molecule has 0 aliphatic carbocycles. The average molecular weight is 354 g/mol. The normalized spacial score (nSPS) is 11.4. The van der Waals surface area contributed by atoms with Gasteiger partial charge in [-0.15, -0.1) is 0 Å². The lowest BCUT2D eigenvalue weighted by Gasteiger charge is -2.11. The maximum absolute atomic E-state index is 12.7. The zero-order valence-electron chi connectivity index (χ0n) is 13.5. The third-order valence-corrected chi connectivity index (χ3v) is 3.45. The third kappa shape index (κ3) is 5.46. The highest BCUT2D eigenvalue weighted by molar-refractivity contribution is 5.75. The molecular formula is C17H17F3N2O3. The number of amides is 1. The number of ether oxygens (including phenoxy) is 1. The van der Waals surface area contributed by atoms with E-state index in [0.29, 0.717) is 18.9 Å². The molecule has 0 unspecified atom stereocenters. The first-order chi connectivity index (χ1) is 11.8. The Morgan fingerprint density at radius 2 is 1.76 bits per heavy atom. The molecule has 0 atom stereocenters. The van der Waals surface area contributed by atoms with Crippen LogP contribution in [0.15, 0.2) is 47.4 Å². The maximum Gasteiger partial charge on any atom is 0.417 e. The second-order valence-corrected chi connectivity index (χ2v) is 5.41. The van der Waals surface area contributed by atoms with Gasteiger partial charge in [-0.25, -0.2) is 0 Å². The van der Waals surface area contributed by atoms with E-state index < -0.39 is 29.8 Å². The average Bonchev–Trinajstić information content (AvgIpc) is 2.55. The number of carbonyl (C=O) groups is 1. The molecule has 0 aliphatic rings. The molecule has 1 heterocycles. The van der Waals surface area contributed by atoms with Gasteiger partial charge in [0.05, 0.1) is 12.2 Å². The molecule has 5 nitrogen and oxygen atoms in total. The van der Waals surface area contributed by atoms with Crippen molar-refractivity contribution in [3.05, 3.63) is 69.6 Å². The summed E-state index contributed by atoms with van der Waals surface area (Å²) in [6.45, 7) is 0.204. The van der Waals surface area contributed by atoms with E-state index in [1.54, 1.807) is 7.11 Å². The van der Waals surface area contributed by atoms with E-state index >= 15 is 0 Å². The minimum Gasteiger partial charge on any atom is -0.380 e. The molecule has 2 rings (SSSR count). The Kier molecular flexibility index (Phi) is 5.97. The van der Waals surface area contributed by atoms with E-state index in [-0.39, 0.29) is 6.54 Å². The molecule has 1 N–H and O–H groups in total. The SMILES string of the molecule is COCc1ccc(CNC(=O)Cn2cc(C(F)(F)F)ccc2=O)cc1. The number of hydrogen-bond acceptors (Lipinski definition) is 3. The number of carbonyl (C=O) groups excluding carboxylic acids is 1. The lowest BCUT2D eigenvalue weighted by atomic mass is 10.1. The molecule has 1 aromatic heterocycles. The summed E-state index contributed by atoms with van der Waals surface area (Å²) in [5.41, 5.74) is 0.151. The maximum atomic E-state index is 12.7. The van der Waals surface area contributed by atoms with Gasteiger partial charge >= 0.3 is 6.18 Å². The first-order valence-electron chi connectivity index (χ1n) is 7.41. The van der Waals surface area contributed by atoms with Gasteiger partial charge in [0.15, 0.2) is 0 Å². The van der Waals surface area contributed by atoms with Crippen molar-refractivity contribution >= 4 is 5.91 Å². The fourth-order valence-corrected chi connectivity index (χ4v) is 2.15. The third-order valence-electron chi connectivity index (χ3n) is 3.45. The van der Waals surface area contributed by atoms with Crippen molar-refractivity contribution in [2.45, 2.75) is 25.9 Å². The van der Waals surface area contributed by atoms with Crippen molar-refractivity contribution in [2.24, 2.45) is 0 Å². The number of alkyl halides is 3. The van der Waals surface area contributed by atoms with Crippen LogP contribution in [0.2, 0.25) is 0 Å². The van der Waals surface area contributed by atoms with E-state index in [0.717, 1.165) is 21.8 Å². The van der Waals surface area contributed by atoms with Gasteiger partial charge in [0.25, 0.3) is 5.56 Å². The summed E-state index contributed by atoms with van der Waals surface area (Å²) in [6.07, 6.45) is -3.93. The number of pyridine rings is 1. The molecule has 0 saturated heterocycles. The van der Waals surface area contributed by atoms with Crippen LogP contribution < -0.4 is 10.9 Å². The number of halogens is 3. The molecule has 0 aliphatic heterocycles. The minimum absolute atomic E-state index is 0.208. The van der Waals surface area contributed by atoms with Crippen LogP contribution in [0.3, 0.4) is 0 Å². The summed E-state index contributed by atoms with van der Waals surface area (Å²) in [4.78, 5) is 23.5. The molecule has 0 spiro atoms. The van der Waals surface area contributed by atoms with E-state index in [9.17, 15) is 22.8 Å². The highest BCUT2D eigenvalue weighted by Gasteiger charge is 2.31. The van der Waals surface area contributed by atoms with Crippen molar-refractivity contribution in [2.75, 3.05) is 7.11 Å². The lowest BCUT2D eigenvalue weighted by Crippen LogP contribution is -2.32. The van der Waals surface area contributed by atoms with E-state index in [4.69, 9.17) is 4.74 Å². The van der Waals surface area contributed by atoms with E-state index in [2.05, 4.69) is 5.32 Å². The Labute approximate surface area is 142 Å². The van der Waals surface area contributed by atoms with Crippen molar-refractivity contribution in [3.63, 3.8) is 0 Å². The summed E-state index contributed by atoms with van der Waals surface area (Å²) in [7, 11) is 1.59. The van der Waals surface area contributed by atoms with Gasteiger partial charge in [-0.2, -0.15) is 13.2 Å². The number of methoxy groups -OCH3 is 1. The number of aromatic nitrogens is 1. The van der Waals surface area contributed by atoms with Gasteiger partial charge in [0.1, 0.15) is 6.54 Å². The van der Waals surface area contributed by atoms with Crippen molar-refractivity contribution in [1.29, 1.82) is 0 Å². The molecule has 0 radical (unpaired) electrons. The van der Waals surface area contributed by atoms with Crippen LogP contribution in [-0.2, 0) is 35.4 Å². The monoisotopic (exact) mass is 354 g/mol. The first-order valence-corrected chi connectivity index (χ1v) is 7.41. The summed E-state index contributed by atoms with van der Waals surface area (Å²) in [5.74, 6) is -0.553. The minimum atomic E-state index is -4.57. The van der Waals surface area contributed by atoms with Crippen LogP contribution >= 0.6 is 0 Å². The second kappa shape index (κ2) is 7.98. The van der Waals surface area contributed by atoms with Crippen LogP contribution in [0.1, 0.15) is 16.7 Å². The quantitative estimate of drug-likeness (QED) is 0.866. The predicted molar refractivity (Wildman–Crippen MR) is 84.7 cm³/mol. The first kappa shape index (κ1) is 18.7. The van der Waals surface area contributed by atoms with Crippen molar-refractivity contribution in [3.8, 4) is 0 Å². The van der Waals surface area contributed by atoms with Gasteiger partial charge < -0.3 is 14.6 Å². The van der Waals surface area contributed by atoms with E-state index in [1.807, 2.05) is 24.3 Å².